The van der Waals surface area contributed by atoms with Gasteiger partial charge in [-0.25, -0.2) is 4.39 Å². The average Bonchev–Trinajstić information content (AvgIpc) is 2.91. The summed E-state index contributed by atoms with van der Waals surface area (Å²) in [5, 5.41) is 13.2. The quantitative estimate of drug-likeness (QED) is 0.454. The number of amides is 1. The maximum absolute atomic E-state index is 14.1. The fraction of sp³-hybridized carbons (Fsp3) is 0.536. The molecule has 10 heteroatoms. The summed E-state index contributed by atoms with van der Waals surface area (Å²) in [5.74, 6) is -2.15. The molecule has 0 aromatic heterocycles. The molecule has 2 saturated heterocycles. The molecular weight excluding hydrogens is 502 g/mol. The Balaban J connectivity index is 1.19. The predicted molar refractivity (Wildman–Crippen MR) is 136 cm³/mol. The molecule has 1 amide bonds. The minimum Gasteiger partial charge on any atom is -0.403 e. The number of hydrogen-bond acceptors (Lipinski definition) is 5. The summed E-state index contributed by atoms with van der Waals surface area (Å²) < 4.78 is 54.9. The van der Waals surface area contributed by atoms with E-state index in [4.69, 9.17) is 0 Å². The van der Waals surface area contributed by atoms with Crippen LogP contribution in [0.2, 0.25) is 0 Å². The minimum atomic E-state index is -4.95. The SMILES string of the molecule is O=C(NCCC1(CO)CCN(Cc2ccccc2)CC1)C1CCN(c2ccc(OC(F)(F)F)c(F)c2)CC1. The van der Waals surface area contributed by atoms with Gasteiger partial charge in [0.1, 0.15) is 0 Å². The van der Waals surface area contributed by atoms with E-state index in [1.807, 2.05) is 23.1 Å². The highest BCUT2D eigenvalue weighted by atomic mass is 19.4. The lowest BCUT2D eigenvalue weighted by Crippen LogP contribution is -2.45. The van der Waals surface area contributed by atoms with Gasteiger partial charge in [0.05, 0.1) is 0 Å². The van der Waals surface area contributed by atoms with Crippen LogP contribution in [0.5, 0.6) is 5.75 Å². The van der Waals surface area contributed by atoms with Gasteiger partial charge in [-0.3, -0.25) is 9.69 Å². The van der Waals surface area contributed by atoms with Crippen molar-refractivity contribution < 1.29 is 32.2 Å². The number of piperidine rings is 2. The van der Waals surface area contributed by atoms with E-state index in [0.29, 0.717) is 38.2 Å². The van der Waals surface area contributed by atoms with Crippen LogP contribution in [0.25, 0.3) is 0 Å². The van der Waals surface area contributed by atoms with E-state index in [1.54, 1.807) is 0 Å². The van der Waals surface area contributed by atoms with E-state index in [1.165, 1.54) is 11.6 Å². The van der Waals surface area contributed by atoms with Gasteiger partial charge in [-0.05, 0) is 68.3 Å². The van der Waals surface area contributed by atoms with Gasteiger partial charge in [-0.2, -0.15) is 0 Å². The first-order valence-corrected chi connectivity index (χ1v) is 13.1. The van der Waals surface area contributed by atoms with Gasteiger partial charge in [0, 0.05) is 50.5 Å². The Morgan fingerprint density at radius 2 is 1.74 bits per heavy atom. The van der Waals surface area contributed by atoms with Crippen LogP contribution in [-0.2, 0) is 11.3 Å². The maximum atomic E-state index is 14.1. The molecule has 2 heterocycles. The Bertz CT molecular complexity index is 1050. The van der Waals surface area contributed by atoms with Gasteiger partial charge >= 0.3 is 6.36 Å². The second-order valence-electron chi connectivity index (χ2n) is 10.4. The number of alkyl halides is 3. The van der Waals surface area contributed by atoms with Gasteiger partial charge < -0.3 is 20.1 Å². The highest BCUT2D eigenvalue weighted by Gasteiger charge is 2.35. The molecule has 0 bridgehead atoms. The zero-order valence-electron chi connectivity index (χ0n) is 21.4. The number of rotatable bonds is 9. The molecular formula is C28H35F4N3O3. The van der Waals surface area contributed by atoms with Gasteiger partial charge in [0.25, 0.3) is 0 Å². The molecule has 0 spiro atoms. The van der Waals surface area contributed by atoms with Crippen LogP contribution >= 0.6 is 0 Å². The molecule has 2 aliphatic heterocycles. The largest absolute Gasteiger partial charge is 0.573 e. The number of carbonyl (C=O) groups is 1. The Labute approximate surface area is 220 Å². The number of halogens is 4. The van der Waals surface area contributed by atoms with Gasteiger partial charge in [0.2, 0.25) is 5.91 Å². The second kappa shape index (κ2) is 12.3. The number of ether oxygens (including phenoxy) is 1. The van der Waals surface area contributed by atoms with Crippen LogP contribution in [0.1, 0.15) is 37.7 Å². The first kappa shape index (κ1) is 28.2. The van der Waals surface area contributed by atoms with E-state index in [9.17, 15) is 27.5 Å². The van der Waals surface area contributed by atoms with Crippen LogP contribution in [-0.4, -0.2) is 61.6 Å². The average molecular weight is 538 g/mol. The fourth-order valence-electron chi connectivity index (χ4n) is 5.40. The van der Waals surface area contributed by atoms with E-state index in [2.05, 4.69) is 27.1 Å². The maximum Gasteiger partial charge on any atom is 0.573 e. The van der Waals surface area contributed by atoms with Crippen molar-refractivity contribution >= 4 is 11.6 Å². The van der Waals surface area contributed by atoms with E-state index >= 15 is 0 Å². The summed E-state index contributed by atoms with van der Waals surface area (Å²) in [4.78, 5) is 17.0. The van der Waals surface area contributed by atoms with Crippen molar-refractivity contribution in [2.45, 2.75) is 45.0 Å². The van der Waals surface area contributed by atoms with Crippen molar-refractivity contribution in [1.82, 2.24) is 10.2 Å². The molecule has 0 aliphatic carbocycles. The molecule has 6 nitrogen and oxygen atoms in total. The fourth-order valence-corrected chi connectivity index (χ4v) is 5.40. The zero-order chi connectivity index (χ0) is 27.2. The molecule has 2 N–H and O–H groups in total. The van der Waals surface area contributed by atoms with Crippen molar-refractivity contribution in [3.05, 3.63) is 59.9 Å². The van der Waals surface area contributed by atoms with Crippen molar-refractivity contribution in [3.8, 4) is 5.75 Å². The number of likely N-dealkylation sites (tertiary alicyclic amines) is 1. The van der Waals surface area contributed by atoms with E-state index in [0.717, 1.165) is 51.0 Å². The third-order valence-electron chi connectivity index (χ3n) is 7.83. The monoisotopic (exact) mass is 537 g/mol. The number of aliphatic hydroxyl groups excluding tert-OH is 1. The van der Waals surface area contributed by atoms with Crippen LogP contribution in [0.4, 0.5) is 23.2 Å². The minimum absolute atomic E-state index is 0.0284. The highest BCUT2D eigenvalue weighted by Crippen LogP contribution is 2.35. The summed E-state index contributed by atoms with van der Waals surface area (Å²) in [5.41, 5.74) is 1.55. The molecule has 4 rings (SSSR count). The van der Waals surface area contributed by atoms with Gasteiger partial charge in [-0.1, -0.05) is 30.3 Å². The van der Waals surface area contributed by atoms with Crippen LogP contribution in [0.3, 0.4) is 0 Å². The lowest BCUT2D eigenvalue weighted by Gasteiger charge is -2.41. The molecule has 2 aromatic rings. The lowest BCUT2D eigenvalue weighted by atomic mass is 9.76. The normalized spacial score (nSPS) is 18.8. The molecule has 0 atom stereocenters. The van der Waals surface area contributed by atoms with Gasteiger partial charge in [0.15, 0.2) is 11.6 Å². The second-order valence-corrected chi connectivity index (χ2v) is 10.4. The number of aliphatic hydroxyl groups is 1. The summed E-state index contributed by atoms with van der Waals surface area (Å²) in [6.07, 6.45) is -1.34. The lowest BCUT2D eigenvalue weighted by molar-refractivity contribution is -0.275. The van der Waals surface area contributed by atoms with Crippen molar-refractivity contribution in [2.24, 2.45) is 11.3 Å². The van der Waals surface area contributed by atoms with Crippen LogP contribution in [0, 0.1) is 17.2 Å². The number of anilines is 1. The number of hydrogen-bond donors (Lipinski definition) is 2. The molecule has 0 unspecified atom stereocenters. The Morgan fingerprint density at radius 3 is 2.34 bits per heavy atom. The number of benzene rings is 2. The number of carbonyl (C=O) groups excluding carboxylic acids is 1. The van der Waals surface area contributed by atoms with Crippen molar-refractivity contribution in [1.29, 1.82) is 0 Å². The van der Waals surface area contributed by atoms with E-state index < -0.39 is 17.9 Å². The van der Waals surface area contributed by atoms with E-state index in [-0.39, 0.29) is 23.8 Å². The zero-order valence-corrected chi connectivity index (χ0v) is 21.4. The molecule has 2 aliphatic rings. The van der Waals surface area contributed by atoms with Crippen molar-refractivity contribution in [3.63, 3.8) is 0 Å². The van der Waals surface area contributed by atoms with Crippen molar-refractivity contribution in [2.75, 3.05) is 44.2 Å². The molecule has 2 aromatic carbocycles. The smallest absolute Gasteiger partial charge is 0.403 e. The standard InChI is InChI=1S/C28H35F4N3O3/c29-24-18-23(6-7-25(24)38-28(30,31)32)35-14-8-22(9-15-35)26(37)33-13-10-27(20-36)11-16-34(17-12-27)19-21-4-2-1-3-5-21/h1-7,18,22,36H,8-17,19-20H2,(H,33,37). The molecule has 208 valence electrons. The molecule has 0 radical (unpaired) electrons. The Morgan fingerprint density at radius 1 is 1.05 bits per heavy atom. The summed E-state index contributed by atoms with van der Waals surface area (Å²) in [6.45, 7) is 4.31. The Hall–Kier alpha value is -2.85. The number of nitrogens with one attached hydrogen (secondary N) is 1. The third kappa shape index (κ3) is 7.60. The molecule has 38 heavy (non-hydrogen) atoms. The first-order chi connectivity index (χ1) is 18.2. The molecule has 0 saturated carbocycles. The molecule has 2 fully saturated rings. The highest BCUT2D eigenvalue weighted by molar-refractivity contribution is 5.79. The summed E-state index contributed by atoms with van der Waals surface area (Å²) >= 11 is 0. The van der Waals surface area contributed by atoms with Gasteiger partial charge in [-0.15, -0.1) is 13.2 Å². The topological polar surface area (TPSA) is 65.0 Å². The Kier molecular flexibility index (Phi) is 9.15. The first-order valence-electron chi connectivity index (χ1n) is 13.1. The van der Waals surface area contributed by atoms with Crippen LogP contribution in [0.15, 0.2) is 48.5 Å². The third-order valence-corrected chi connectivity index (χ3v) is 7.83. The van der Waals surface area contributed by atoms with Crippen LogP contribution < -0.4 is 15.0 Å². The summed E-state index contributed by atoms with van der Waals surface area (Å²) in [6, 6.07) is 13.7. The summed E-state index contributed by atoms with van der Waals surface area (Å²) in [7, 11) is 0. The predicted octanol–water partition coefficient (Wildman–Crippen LogP) is 4.72. The number of nitrogens with zero attached hydrogens (tertiary/aromatic N) is 2.